The second kappa shape index (κ2) is 9.30. The molecule has 0 bridgehead atoms. The molecule has 0 aliphatic rings. The van der Waals surface area contributed by atoms with Gasteiger partial charge >= 0.3 is 0 Å². The van der Waals surface area contributed by atoms with Crippen molar-refractivity contribution in [3.8, 4) is 22.8 Å². The van der Waals surface area contributed by atoms with E-state index in [1.165, 1.54) is 12.5 Å². The van der Waals surface area contributed by atoms with Crippen LogP contribution < -0.4 is 14.8 Å². The number of halogens is 1. The third-order valence-corrected chi connectivity index (χ3v) is 4.16. The Labute approximate surface area is 174 Å². The third kappa shape index (κ3) is 5.39. The Kier molecular flexibility index (Phi) is 6.57. The lowest BCUT2D eigenvalue weighted by molar-refractivity contribution is -0.111. The molecule has 0 spiro atoms. The highest BCUT2D eigenvalue weighted by atomic mass is 35.5. The van der Waals surface area contributed by atoms with Crippen molar-refractivity contribution in [2.45, 2.75) is 20.0 Å². The standard InChI is InChI=1S/C22H21ClN2O4/c1-14(2)29-22-18(23)9-15(10-19(22)27-3)7-8-21(26)25-17-6-4-5-16(11-17)20-12-24-13-28-20/h4-14H,1-3H3,(H,25,26)/b8-7+. The summed E-state index contributed by atoms with van der Waals surface area (Å²) in [5.74, 6) is 1.33. The van der Waals surface area contributed by atoms with E-state index >= 15 is 0 Å². The van der Waals surface area contributed by atoms with Crippen molar-refractivity contribution in [2.24, 2.45) is 0 Å². The lowest BCUT2D eigenvalue weighted by Gasteiger charge is -2.15. The van der Waals surface area contributed by atoms with Gasteiger partial charge in [0.25, 0.3) is 0 Å². The highest BCUT2D eigenvalue weighted by molar-refractivity contribution is 6.32. The molecule has 0 saturated carbocycles. The average molecular weight is 413 g/mol. The molecule has 0 radical (unpaired) electrons. The van der Waals surface area contributed by atoms with Crippen LogP contribution >= 0.6 is 11.6 Å². The van der Waals surface area contributed by atoms with Gasteiger partial charge in [-0.2, -0.15) is 0 Å². The molecule has 0 atom stereocenters. The molecule has 0 aliphatic carbocycles. The largest absolute Gasteiger partial charge is 0.493 e. The van der Waals surface area contributed by atoms with Gasteiger partial charge in [-0.15, -0.1) is 0 Å². The smallest absolute Gasteiger partial charge is 0.248 e. The lowest BCUT2D eigenvalue weighted by Crippen LogP contribution is -2.08. The highest BCUT2D eigenvalue weighted by Gasteiger charge is 2.13. The van der Waals surface area contributed by atoms with Crippen LogP contribution in [0.1, 0.15) is 19.4 Å². The molecular weight excluding hydrogens is 392 g/mol. The van der Waals surface area contributed by atoms with Crippen molar-refractivity contribution >= 4 is 29.3 Å². The molecule has 7 heteroatoms. The minimum atomic E-state index is -0.280. The van der Waals surface area contributed by atoms with Crippen molar-refractivity contribution in [1.82, 2.24) is 4.98 Å². The molecule has 1 aromatic heterocycles. The molecule has 0 saturated heterocycles. The predicted molar refractivity (Wildman–Crippen MR) is 113 cm³/mol. The van der Waals surface area contributed by atoms with Gasteiger partial charge in [-0.05, 0) is 49.8 Å². The van der Waals surface area contributed by atoms with Crippen LogP contribution in [0.25, 0.3) is 17.4 Å². The summed E-state index contributed by atoms with van der Waals surface area (Å²) in [5, 5.41) is 3.23. The van der Waals surface area contributed by atoms with E-state index in [4.69, 9.17) is 25.5 Å². The molecule has 0 fully saturated rings. The zero-order chi connectivity index (χ0) is 20.8. The Bertz CT molecular complexity index is 1010. The van der Waals surface area contributed by atoms with E-state index in [9.17, 15) is 4.79 Å². The Morgan fingerprint density at radius 1 is 1.28 bits per heavy atom. The number of aromatic nitrogens is 1. The van der Waals surface area contributed by atoms with Gasteiger partial charge in [-0.3, -0.25) is 4.79 Å². The fourth-order valence-corrected chi connectivity index (χ4v) is 2.91. The minimum absolute atomic E-state index is 0.0405. The van der Waals surface area contributed by atoms with Crippen molar-refractivity contribution in [3.63, 3.8) is 0 Å². The first kappa shape index (κ1) is 20.5. The average Bonchev–Trinajstić information content (AvgIpc) is 3.23. The number of hydrogen-bond acceptors (Lipinski definition) is 5. The molecule has 1 heterocycles. The van der Waals surface area contributed by atoms with Gasteiger partial charge in [0, 0.05) is 17.3 Å². The van der Waals surface area contributed by atoms with E-state index in [0.29, 0.717) is 33.5 Å². The molecule has 0 aliphatic heterocycles. The van der Waals surface area contributed by atoms with E-state index in [1.54, 1.807) is 37.6 Å². The molecule has 6 nitrogen and oxygen atoms in total. The van der Waals surface area contributed by atoms with Crippen molar-refractivity contribution < 1.29 is 18.7 Å². The zero-order valence-electron chi connectivity index (χ0n) is 16.3. The molecule has 1 N–H and O–H groups in total. The number of rotatable bonds is 7. The number of hydrogen-bond donors (Lipinski definition) is 1. The summed E-state index contributed by atoms with van der Waals surface area (Å²) in [5.41, 5.74) is 2.18. The van der Waals surface area contributed by atoms with Crippen LogP contribution in [-0.2, 0) is 4.79 Å². The van der Waals surface area contributed by atoms with E-state index < -0.39 is 0 Å². The highest BCUT2D eigenvalue weighted by Crippen LogP contribution is 2.37. The Morgan fingerprint density at radius 3 is 2.79 bits per heavy atom. The van der Waals surface area contributed by atoms with Gasteiger partial charge < -0.3 is 19.2 Å². The number of nitrogens with one attached hydrogen (secondary N) is 1. The zero-order valence-corrected chi connectivity index (χ0v) is 17.1. The lowest BCUT2D eigenvalue weighted by atomic mass is 10.1. The maximum Gasteiger partial charge on any atom is 0.248 e. The number of ether oxygens (including phenoxy) is 2. The molecule has 3 rings (SSSR count). The monoisotopic (exact) mass is 412 g/mol. The number of benzene rings is 2. The van der Waals surface area contributed by atoms with Crippen LogP contribution in [0.2, 0.25) is 5.02 Å². The number of carbonyl (C=O) groups is 1. The number of carbonyl (C=O) groups excluding carboxylic acids is 1. The second-order valence-electron chi connectivity index (χ2n) is 6.47. The first-order valence-electron chi connectivity index (χ1n) is 8.98. The van der Waals surface area contributed by atoms with Crippen LogP contribution in [0.3, 0.4) is 0 Å². The van der Waals surface area contributed by atoms with Crippen molar-refractivity contribution in [1.29, 1.82) is 0 Å². The van der Waals surface area contributed by atoms with Gasteiger partial charge in [0.05, 0.1) is 24.4 Å². The maximum atomic E-state index is 12.3. The van der Waals surface area contributed by atoms with Gasteiger partial charge in [-0.1, -0.05) is 23.7 Å². The summed E-state index contributed by atoms with van der Waals surface area (Å²) in [6.45, 7) is 3.82. The number of methoxy groups -OCH3 is 1. The molecule has 3 aromatic rings. The molecule has 1 amide bonds. The molecule has 0 unspecified atom stereocenters. The number of nitrogens with zero attached hydrogens (tertiary/aromatic N) is 1. The van der Waals surface area contributed by atoms with Crippen molar-refractivity contribution in [3.05, 3.63) is 65.7 Å². The van der Waals surface area contributed by atoms with Gasteiger partial charge in [0.1, 0.15) is 0 Å². The third-order valence-electron chi connectivity index (χ3n) is 3.88. The predicted octanol–water partition coefficient (Wildman–Crippen LogP) is 5.44. The van der Waals surface area contributed by atoms with Gasteiger partial charge in [-0.25, -0.2) is 4.98 Å². The molecule has 150 valence electrons. The number of amides is 1. The van der Waals surface area contributed by atoms with E-state index in [1.807, 2.05) is 32.0 Å². The molecule has 29 heavy (non-hydrogen) atoms. The summed E-state index contributed by atoms with van der Waals surface area (Å²) < 4.78 is 16.3. The first-order valence-corrected chi connectivity index (χ1v) is 9.36. The summed E-state index contributed by atoms with van der Waals surface area (Å²) in [6, 6.07) is 10.8. The Morgan fingerprint density at radius 2 is 2.10 bits per heavy atom. The van der Waals surface area contributed by atoms with E-state index in [-0.39, 0.29) is 12.0 Å². The SMILES string of the molecule is COc1cc(/C=C/C(=O)Nc2cccc(-c3cnco3)c2)cc(Cl)c1OC(C)C. The maximum absolute atomic E-state index is 12.3. The Hall–Kier alpha value is -3.25. The van der Waals surface area contributed by atoms with Crippen LogP contribution in [-0.4, -0.2) is 24.1 Å². The minimum Gasteiger partial charge on any atom is -0.493 e. The molecular formula is C22H21ClN2O4. The van der Waals surface area contributed by atoms with Crippen LogP contribution in [0.4, 0.5) is 5.69 Å². The van der Waals surface area contributed by atoms with Crippen molar-refractivity contribution in [2.75, 3.05) is 12.4 Å². The molecule has 2 aromatic carbocycles. The van der Waals surface area contributed by atoms with E-state index in [0.717, 1.165) is 5.56 Å². The van der Waals surface area contributed by atoms with E-state index in [2.05, 4.69) is 10.3 Å². The van der Waals surface area contributed by atoms with Crippen LogP contribution in [0.5, 0.6) is 11.5 Å². The summed E-state index contributed by atoms with van der Waals surface area (Å²) in [4.78, 5) is 16.2. The van der Waals surface area contributed by atoms with Gasteiger partial charge in [0.15, 0.2) is 23.7 Å². The second-order valence-corrected chi connectivity index (χ2v) is 6.88. The summed E-state index contributed by atoms with van der Waals surface area (Å²) in [7, 11) is 1.54. The quantitative estimate of drug-likeness (QED) is 0.523. The normalized spacial score (nSPS) is 11.1. The van der Waals surface area contributed by atoms with Crippen LogP contribution in [0, 0.1) is 0 Å². The summed E-state index contributed by atoms with van der Waals surface area (Å²) in [6.07, 6.45) is 6.02. The van der Waals surface area contributed by atoms with Crippen LogP contribution in [0.15, 0.2) is 59.5 Å². The Balaban J connectivity index is 1.72. The fraction of sp³-hybridized carbons (Fsp3) is 0.182. The number of oxazole rings is 1. The van der Waals surface area contributed by atoms with Gasteiger partial charge in [0.2, 0.25) is 5.91 Å². The summed E-state index contributed by atoms with van der Waals surface area (Å²) >= 11 is 6.32. The number of anilines is 1. The fourth-order valence-electron chi connectivity index (χ4n) is 2.65. The topological polar surface area (TPSA) is 73.6 Å². The first-order chi connectivity index (χ1) is 14.0.